The molecule has 0 aromatic carbocycles. The molecule has 4 nitrogen and oxygen atoms in total. The molecule has 0 amide bonds. The molecule has 1 unspecified atom stereocenters. The van der Waals surface area contributed by atoms with E-state index in [1.807, 2.05) is 12.3 Å². The summed E-state index contributed by atoms with van der Waals surface area (Å²) in [6, 6.07) is 4.62. The number of piperidine rings is 1. The Labute approximate surface area is 138 Å². The number of hydrogen-bond donors (Lipinski definition) is 0. The molecule has 2 aliphatic rings. The molecule has 3 heterocycles. The fraction of sp³-hybridized carbons (Fsp3) is 0.706. The van der Waals surface area contributed by atoms with E-state index >= 15 is 0 Å². The van der Waals surface area contributed by atoms with Crippen LogP contribution in [-0.2, 0) is 11.3 Å². The normalized spacial score (nSPS) is 24.2. The lowest BCUT2D eigenvalue weighted by Gasteiger charge is -2.37. The first-order valence-corrected chi connectivity index (χ1v) is 8.69. The highest BCUT2D eigenvalue weighted by Gasteiger charge is 2.25. The summed E-state index contributed by atoms with van der Waals surface area (Å²) in [6.07, 6.45) is 5.63. The van der Waals surface area contributed by atoms with Crippen LogP contribution in [0.3, 0.4) is 0 Å². The molecule has 2 saturated heterocycles. The van der Waals surface area contributed by atoms with Gasteiger partial charge in [0.25, 0.3) is 0 Å². The second-order valence-corrected chi connectivity index (χ2v) is 7.05. The van der Waals surface area contributed by atoms with E-state index in [4.69, 9.17) is 16.3 Å². The summed E-state index contributed by atoms with van der Waals surface area (Å²) < 4.78 is 5.48. The van der Waals surface area contributed by atoms with Crippen LogP contribution in [-0.4, -0.2) is 60.7 Å². The maximum atomic E-state index is 5.84. The Morgan fingerprint density at radius 3 is 2.77 bits per heavy atom. The van der Waals surface area contributed by atoms with Crippen LogP contribution in [0.25, 0.3) is 0 Å². The van der Waals surface area contributed by atoms with Crippen molar-refractivity contribution in [3.63, 3.8) is 0 Å². The molecule has 2 aliphatic heterocycles. The predicted molar refractivity (Wildman–Crippen MR) is 89.1 cm³/mol. The van der Waals surface area contributed by atoms with Crippen LogP contribution in [0.1, 0.15) is 24.8 Å². The molecular weight excluding hydrogens is 298 g/mol. The third kappa shape index (κ3) is 4.42. The van der Waals surface area contributed by atoms with Crippen LogP contribution < -0.4 is 0 Å². The summed E-state index contributed by atoms with van der Waals surface area (Å²) in [5.74, 6) is 0.759. The average molecular weight is 324 g/mol. The van der Waals surface area contributed by atoms with E-state index in [2.05, 4.69) is 27.9 Å². The topological polar surface area (TPSA) is 28.6 Å². The molecule has 0 N–H and O–H groups in total. The monoisotopic (exact) mass is 323 g/mol. The zero-order valence-electron chi connectivity index (χ0n) is 13.4. The van der Waals surface area contributed by atoms with E-state index in [-0.39, 0.29) is 0 Å². The van der Waals surface area contributed by atoms with Gasteiger partial charge in [0.15, 0.2) is 0 Å². The maximum Gasteiger partial charge on any atom is 0.129 e. The minimum Gasteiger partial charge on any atom is -0.381 e. The lowest BCUT2D eigenvalue weighted by atomic mass is 10.0. The number of pyridine rings is 1. The van der Waals surface area contributed by atoms with Crippen molar-refractivity contribution in [2.75, 3.05) is 39.9 Å². The first-order valence-electron chi connectivity index (χ1n) is 8.31. The number of nitrogens with zero attached hydrogens (tertiary/aromatic N) is 3. The molecule has 0 spiro atoms. The van der Waals surface area contributed by atoms with Crippen LogP contribution in [0, 0.1) is 5.92 Å². The van der Waals surface area contributed by atoms with E-state index in [1.165, 1.54) is 44.5 Å². The zero-order chi connectivity index (χ0) is 15.4. The van der Waals surface area contributed by atoms with Gasteiger partial charge in [-0.15, -0.1) is 0 Å². The maximum absolute atomic E-state index is 5.84. The molecule has 22 heavy (non-hydrogen) atoms. The van der Waals surface area contributed by atoms with E-state index in [9.17, 15) is 0 Å². The minimum atomic E-state index is 0.565. The number of hydrogen-bond acceptors (Lipinski definition) is 4. The van der Waals surface area contributed by atoms with Crippen molar-refractivity contribution in [1.29, 1.82) is 0 Å². The summed E-state index contributed by atoms with van der Waals surface area (Å²) in [4.78, 5) is 9.24. The SMILES string of the molecule is CN(Cc1ccc(Cl)nc1)C1CCN(CC2CCOC2)CC1. The van der Waals surface area contributed by atoms with Gasteiger partial charge in [0.1, 0.15) is 5.15 Å². The highest BCUT2D eigenvalue weighted by Crippen LogP contribution is 2.21. The third-order valence-electron chi connectivity index (χ3n) is 4.94. The molecule has 3 rings (SSSR count). The third-order valence-corrected chi connectivity index (χ3v) is 5.17. The Kier molecular flexibility index (Phi) is 5.69. The second kappa shape index (κ2) is 7.73. The number of aromatic nitrogens is 1. The van der Waals surface area contributed by atoms with Crippen LogP contribution in [0.2, 0.25) is 5.15 Å². The smallest absolute Gasteiger partial charge is 0.129 e. The van der Waals surface area contributed by atoms with Gasteiger partial charge < -0.3 is 9.64 Å². The van der Waals surface area contributed by atoms with Crippen molar-refractivity contribution in [2.45, 2.75) is 31.8 Å². The Morgan fingerprint density at radius 2 is 2.14 bits per heavy atom. The van der Waals surface area contributed by atoms with Crippen molar-refractivity contribution in [2.24, 2.45) is 5.92 Å². The fourth-order valence-electron chi connectivity index (χ4n) is 3.55. The quantitative estimate of drug-likeness (QED) is 0.779. The number of likely N-dealkylation sites (tertiary alicyclic amines) is 1. The molecule has 5 heteroatoms. The van der Waals surface area contributed by atoms with Crippen molar-refractivity contribution in [1.82, 2.24) is 14.8 Å². The summed E-state index contributed by atoms with van der Waals surface area (Å²) in [5.41, 5.74) is 1.23. The van der Waals surface area contributed by atoms with Gasteiger partial charge in [0.2, 0.25) is 0 Å². The van der Waals surface area contributed by atoms with Gasteiger partial charge in [-0.25, -0.2) is 4.98 Å². The van der Waals surface area contributed by atoms with Crippen molar-refractivity contribution in [3.8, 4) is 0 Å². The van der Waals surface area contributed by atoms with E-state index in [1.54, 1.807) is 0 Å². The predicted octanol–water partition coefficient (Wildman–Crippen LogP) is 2.67. The molecular formula is C17H26ClN3O. The van der Waals surface area contributed by atoms with Gasteiger partial charge in [0.05, 0.1) is 6.61 Å². The fourth-order valence-corrected chi connectivity index (χ4v) is 3.66. The van der Waals surface area contributed by atoms with Gasteiger partial charge in [-0.1, -0.05) is 17.7 Å². The Morgan fingerprint density at radius 1 is 1.32 bits per heavy atom. The molecule has 0 bridgehead atoms. The summed E-state index contributed by atoms with van der Waals surface area (Å²) in [7, 11) is 2.22. The van der Waals surface area contributed by atoms with E-state index in [0.717, 1.165) is 25.7 Å². The minimum absolute atomic E-state index is 0.565. The first-order chi connectivity index (χ1) is 10.7. The Balaban J connectivity index is 1.43. The average Bonchev–Trinajstić information content (AvgIpc) is 3.03. The van der Waals surface area contributed by atoms with Gasteiger partial charge in [-0.05, 0) is 56.9 Å². The van der Waals surface area contributed by atoms with Gasteiger partial charge in [0, 0.05) is 31.9 Å². The first kappa shape index (κ1) is 16.2. The summed E-state index contributed by atoms with van der Waals surface area (Å²) >= 11 is 5.84. The molecule has 0 radical (unpaired) electrons. The Hall–Kier alpha value is -0.680. The van der Waals surface area contributed by atoms with Crippen LogP contribution in [0.15, 0.2) is 18.3 Å². The number of rotatable bonds is 5. The van der Waals surface area contributed by atoms with Crippen molar-refractivity contribution < 1.29 is 4.74 Å². The standard InChI is InChI=1S/C17H26ClN3O/c1-20(11-14-2-3-17(18)19-10-14)16-4-7-21(8-5-16)12-15-6-9-22-13-15/h2-3,10,15-16H,4-9,11-13H2,1H3. The molecule has 0 saturated carbocycles. The van der Waals surface area contributed by atoms with E-state index < -0.39 is 0 Å². The van der Waals surface area contributed by atoms with Gasteiger partial charge in [-0.2, -0.15) is 0 Å². The largest absolute Gasteiger partial charge is 0.381 e. The van der Waals surface area contributed by atoms with E-state index in [0.29, 0.717) is 11.2 Å². The number of halogens is 1. The van der Waals surface area contributed by atoms with Crippen LogP contribution in [0.5, 0.6) is 0 Å². The lowest BCUT2D eigenvalue weighted by Crippen LogP contribution is -2.44. The molecule has 2 fully saturated rings. The van der Waals surface area contributed by atoms with Crippen molar-refractivity contribution in [3.05, 3.63) is 29.0 Å². The molecule has 0 aliphatic carbocycles. The van der Waals surface area contributed by atoms with Crippen LogP contribution >= 0.6 is 11.6 Å². The summed E-state index contributed by atoms with van der Waals surface area (Å²) in [5, 5.41) is 0.565. The van der Waals surface area contributed by atoms with Crippen molar-refractivity contribution >= 4 is 11.6 Å². The highest BCUT2D eigenvalue weighted by molar-refractivity contribution is 6.29. The Bertz CT molecular complexity index is 453. The lowest BCUT2D eigenvalue weighted by molar-refractivity contribution is 0.106. The molecule has 1 aromatic rings. The highest BCUT2D eigenvalue weighted by atomic mass is 35.5. The summed E-state index contributed by atoms with van der Waals surface area (Å²) in [6.45, 7) is 6.51. The molecule has 122 valence electrons. The van der Waals surface area contributed by atoms with Gasteiger partial charge in [-0.3, -0.25) is 4.90 Å². The van der Waals surface area contributed by atoms with Gasteiger partial charge >= 0.3 is 0 Å². The zero-order valence-corrected chi connectivity index (χ0v) is 14.1. The molecule has 1 atom stereocenters. The molecule has 1 aromatic heterocycles. The number of ether oxygens (including phenoxy) is 1. The second-order valence-electron chi connectivity index (χ2n) is 6.67. The van der Waals surface area contributed by atoms with Crippen LogP contribution in [0.4, 0.5) is 0 Å².